The summed E-state index contributed by atoms with van der Waals surface area (Å²) in [7, 11) is -4.64. The van der Waals surface area contributed by atoms with E-state index >= 15 is 0 Å². The van der Waals surface area contributed by atoms with Gasteiger partial charge in [-0.05, 0) is 0 Å². The van der Waals surface area contributed by atoms with E-state index in [1.807, 2.05) is 0 Å². The van der Waals surface area contributed by atoms with Crippen LogP contribution in [0.15, 0.2) is 0 Å². The van der Waals surface area contributed by atoms with Crippen LogP contribution in [0.4, 0.5) is 0 Å². The van der Waals surface area contributed by atoms with Gasteiger partial charge in [0.25, 0.3) is 0 Å². The van der Waals surface area contributed by atoms with Gasteiger partial charge in [-0.2, -0.15) is 0 Å². The summed E-state index contributed by atoms with van der Waals surface area (Å²) in [5, 5.41) is 0. The molecule has 0 fully saturated rings. The Morgan fingerprint density at radius 2 is 1.11 bits per heavy atom. The molecule has 0 aromatic rings. The van der Waals surface area contributed by atoms with Gasteiger partial charge in [0.05, 0.1) is 0 Å². The molecule has 0 heterocycles. The van der Waals surface area contributed by atoms with E-state index in [1.165, 1.54) is 0 Å². The average Bonchev–Trinajstić information content (AvgIpc) is 1.36. The molecule has 0 rings (SSSR count). The van der Waals surface area contributed by atoms with Gasteiger partial charge in [0.1, 0.15) is 0 Å². The van der Waals surface area contributed by atoms with Crippen LogP contribution in [-0.2, 0) is 26.4 Å². The maximum atomic E-state index is 8.88. The van der Waals surface area contributed by atoms with Crippen LogP contribution >= 0.6 is 7.82 Å². The molecule has 52 valence electrons. The zero-order valence-corrected chi connectivity index (χ0v) is 7.67. The normalized spacial score (nSPS) is 7.22. The zero-order chi connectivity index (χ0) is 6.50. The molecule has 5 N–H and O–H groups in total. The van der Waals surface area contributed by atoms with Gasteiger partial charge < -0.3 is 20.2 Å². The molecule has 0 saturated heterocycles. The third-order valence-electron chi connectivity index (χ3n) is 0. The van der Waals surface area contributed by atoms with E-state index in [1.54, 1.807) is 0 Å². The van der Waals surface area contributed by atoms with E-state index in [0.717, 1.165) is 0 Å². The van der Waals surface area contributed by atoms with Crippen LogP contribution in [0.2, 0.25) is 0 Å². The number of phosphoric acid groups is 1. The standard InChI is InChI=1S/Ca.H3O4P.H2O.O.Zn.2H/c;1-5(2,3)4;;;;;/h;(H3,1,2,3,4);1H2;;;;. The van der Waals surface area contributed by atoms with Crippen molar-refractivity contribution in [2.45, 2.75) is 0 Å². The second kappa shape index (κ2) is 12.4. The van der Waals surface area contributed by atoms with Crippen LogP contribution in [-0.4, -0.2) is 57.9 Å². The van der Waals surface area contributed by atoms with Crippen LogP contribution < -0.4 is 0 Å². The predicted molar refractivity (Wildman–Crippen MR) is 27.1 cm³/mol. The van der Waals surface area contributed by atoms with E-state index in [9.17, 15) is 0 Å². The molecule has 9 heteroatoms. The first-order valence-electron chi connectivity index (χ1n) is 1.07. The molecule has 0 aliphatic carbocycles. The summed E-state index contributed by atoms with van der Waals surface area (Å²) >= 11 is 0.125. The van der Waals surface area contributed by atoms with Crippen molar-refractivity contribution in [2.75, 3.05) is 0 Å². The Balaban J connectivity index is -0.0000000286. The van der Waals surface area contributed by atoms with Gasteiger partial charge in [-0.15, -0.1) is 0 Å². The quantitative estimate of drug-likeness (QED) is 0.311. The molecule has 0 aliphatic rings. The molecule has 9 heavy (non-hydrogen) atoms. The fraction of sp³-hybridized carbons (Fsp3) is 0. The molecule has 0 aromatic carbocycles. The van der Waals surface area contributed by atoms with Crippen molar-refractivity contribution in [3.63, 3.8) is 0 Å². The Morgan fingerprint density at radius 1 is 1.11 bits per heavy atom. The number of rotatable bonds is 0. The van der Waals surface area contributed by atoms with Crippen molar-refractivity contribution in [1.29, 1.82) is 0 Å². The Hall–Kier alpha value is 1.75. The van der Waals surface area contributed by atoms with Crippen molar-refractivity contribution in [2.24, 2.45) is 0 Å². The van der Waals surface area contributed by atoms with Crippen molar-refractivity contribution < 1.29 is 46.5 Å². The van der Waals surface area contributed by atoms with Gasteiger partial charge in [0.2, 0.25) is 0 Å². The summed E-state index contributed by atoms with van der Waals surface area (Å²) in [6, 6.07) is 0. The first kappa shape index (κ1) is 22.4. The van der Waals surface area contributed by atoms with E-state index in [2.05, 4.69) is 0 Å². The molecule has 0 aliphatic heterocycles. The molecule has 0 amide bonds. The molecular weight excluding hydrogens is 232 g/mol. The van der Waals surface area contributed by atoms with Crippen molar-refractivity contribution >= 4 is 45.6 Å². The molecule has 0 aromatic heterocycles. The van der Waals surface area contributed by atoms with E-state index in [-0.39, 0.29) is 61.5 Å². The second-order valence-electron chi connectivity index (χ2n) is 0.513. The predicted octanol–water partition coefficient (Wildman–Crippen LogP) is -2.79. The summed E-state index contributed by atoms with van der Waals surface area (Å²) in [5.74, 6) is 0. The van der Waals surface area contributed by atoms with Crippen LogP contribution in [0.5, 0.6) is 0 Å². The maximum absolute atomic E-state index is 8.88. The molecule has 0 bridgehead atoms. The topological polar surface area (TPSA) is 126 Å². The third-order valence-corrected chi connectivity index (χ3v) is 0. The summed E-state index contributed by atoms with van der Waals surface area (Å²) < 4.78 is 17.3. The van der Waals surface area contributed by atoms with Gasteiger partial charge in [-0.1, -0.05) is 0 Å². The molecule has 0 unspecified atom stereocenters. The van der Waals surface area contributed by atoms with Gasteiger partial charge in [0.15, 0.2) is 0 Å². The number of hydrogen-bond donors (Lipinski definition) is 3. The Bertz CT molecular complexity index is 68.9. The fourth-order valence-electron chi connectivity index (χ4n) is 0. The SMILES string of the molecule is O.O=P(O)(O)O.[CaH2].[O]=[Zn]. The molecule has 6 nitrogen and oxygen atoms in total. The van der Waals surface area contributed by atoms with Crippen molar-refractivity contribution in [3.05, 3.63) is 0 Å². The zero-order valence-electron chi connectivity index (χ0n) is 3.81. The Morgan fingerprint density at radius 3 is 1.11 bits per heavy atom. The van der Waals surface area contributed by atoms with Gasteiger partial charge in [-0.3, -0.25) is 0 Å². The fourth-order valence-corrected chi connectivity index (χ4v) is 0. The Kier molecular flexibility index (Phi) is 31.0. The summed E-state index contributed by atoms with van der Waals surface area (Å²) in [6.45, 7) is 0. The first-order valence-corrected chi connectivity index (χ1v) is 3.85. The van der Waals surface area contributed by atoms with Crippen molar-refractivity contribution in [1.82, 2.24) is 0 Å². The molecule has 0 radical (unpaired) electrons. The van der Waals surface area contributed by atoms with Crippen LogP contribution in [0.1, 0.15) is 0 Å². The van der Waals surface area contributed by atoms with Gasteiger partial charge in [0, 0.05) is 0 Å². The van der Waals surface area contributed by atoms with E-state index in [0.29, 0.717) is 0 Å². The third kappa shape index (κ3) is 191. The Labute approximate surface area is 91.1 Å². The van der Waals surface area contributed by atoms with E-state index in [4.69, 9.17) is 22.8 Å². The summed E-state index contributed by atoms with van der Waals surface area (Å²) in [5.41, 5.74) is 0. The van der Waals surface area contributed by atoms with Crippen molar-refractivity contribution in [3.8, 4) is 0 Å². The van der Waals surface area contributed by atoms with E-state index < -0.39 is 7.82 Å². The minimum absolute atomic E-state index is 0. The molecular formula is H7CaO6PZn. The molecule has 0 spiro atoms. The average molecular weight is 239 g/mol. The monoisotopic (exact) mass is 238 g/mol. The minimum atomic E-state index is -4.64. The van der Waals surface area contributed by atoms with Gasteiger partial charge >= 0.3 is 67.4 Å². The summed E-state index contributed by atoms with van der Waals surface area (Å²) in [6.07, 6.45) is 0. The van der Waals surface area contributed by atoms with Crippen LogP contribution in [0.25, 0.3) is 0 Å². The van der Waals surface area contributed by atoms with Crippen LogP contribution in [0.3, 0.4) is 0 Å². The summed E-state index contributed by atoms with van der Waals surface area (Å²) in [4.78, 5) is 21.6. The molecule has 0 saturated carbocycles. The van der Waals surface area contributed by atoms with Crippen LogP contribution in [0, 0.1) is 0 Å². The van der Waals surface area contributed by atoms with Gasteiger partial charge in [-0.25, -0.2) is 4.57 Å². The number of hydrogen-bond acceptors (Lipinski definition) is 2. The first-order chi connectivity index (χ1) is 3.00. The molecule has 0 atom stereocenters. The second-order valence-corrected chi connectivity index (χ2v) is 1.54.